The molecule has 43 nitrogen and oxygen atoms in total. The number of fused-ring (bicyclic) bond motifs is 6. The molecule has 149 heavy (non-hydrogen) atoms. The molecule has 6 atom stereocenters. The molecular formula is C106H124N36O7. The van der Waals surface area contributed by atoms with Crippen molar-refractivity contribution in [2.75, 3.05) is 122 Å². The number of carbonyl (C=O) groups is 4. The van der Waals surface area contributed by atoms with E-state index in [-0.39, 0.29) is 102 Å². The van der Waals surface area contributed by atoms with Crippen molar-refractivity contribution in [2.45, 2.75) is 138 Å². The van der Waals surface area contributed by atoms with Crippen molar-refractivity contribution >= 4 is 160 Å². The molecule has 0 spiro atoms. The zero-order chi connectivity index (χ0) is 107. The molecule has 0 aliphatic heterocycles. The number of nitrogens with zero attached hydrogens (tertiary/aromatic N) is 23. The Labute approximate surface area is 861 Å². The fourth-order valence-corrected chi connectivity index (χ4v) is 15.7. The van der Waals surface area contributed by atoms with E-state index < -0.39 is 0 Å². The molecule has 12 heterocycles. The van der Waals surface area contributed by atoms with E-state index in [1.165, 1.54) is 4.90 Å². The van der Waals surface area contributed by atoms with Gasteiger partial charge in [0.2, 0.25) is 41.6 Å². The van der Waals surface area contributed by atoms with E-state index in [4.69, 9.17) is 48.4 Å². The first-order valence-electron chi connectivity index (χ1n) is 48.3. The summed E-state index contributed by atoms with van der Waals surface area (Å²) >= 11 is 0. The number of nitrogens with two attached hydrogens (primary N) is 6. The summed E-state index contributed by atoms with van der Waals surface area (Å²) in [6.07, 6.45) is 11.5. The third kappa shape index (κ3) is 27.1. The van der Waals surface area contributed by atoms with Crippen molar-refractivity contribution in [3.05, 3.63) is 282 Å². The number of ether oxygens (including phenoxy) is 2. The van der Waals surface area contributed by atoms with Gasteiger partial charge in [-0.25, -0.2) is 34.9 Å². The third-order valence-electron chi connectivity index (χ3n) is 23.8. The van der Waals surface area contributed by atoms with Crippen molar-refractivity contribution in [1.82, 2.24) is 119 Å². The highest BCUT2D eigenvalue weighted by Crippen LogP contribution is 2.37. The maximum atomic E-state index is 12.6. The van der Waals surface area contributed by atoms with Crippen LogP contribution in [0.25, 0.3) is 65.4 Å². The van der Waals surface area contributed by atoms with Crippen LogP contribution in [0.4, 0.5) is 70.6 Å². The fourth-order valence-electron chi connectivity index (χ4n) is 15.7. The number of aromatic nitrogens is 20. The minimum atomic E-state index is -0.231. The molecule has 19 N–H and O–H groups in total. The van der Waals surface area contributed by atoms with E-state index >= 15 is 0 Å². The highest BCUT2D eigenvalue weighted by Gasteiger charge is 2.26. The van der Waals surface area contributed by atoms with E-state index in [0.29, 0.717) is 127 Å². The van der Waals surface area contributed by atoms with Gasteiger partial charge in [0.05, 0.1) is 111 Å². The summed E-state index contributed by atoms with van der Waals surface area (Å²) in [6, 6.07) is 55.3. The van der Waals surface area contributed by atoms with Gasteiger partial charge in [0.1, 0.15) is 58.3 Å². The van der Waals surface area contributed by atoms with Crippen molar-refractivity contribution < 1.29 is 33.2 Å². The highest BCUT2D eigenvalue weighted by molar-refractivity contribution is 6.04. The minimum Gasteiger partial charge on any atom is -0.496 e. The molecule has 18 rings (SSSR count). The van der Waals surface area contributed by atoms with E-state index in [1.807, 2.05) is 216 Å². The van der Waals surface area contributed by atoms with Crippen LogP contribution in [-0.2, 0) is 13.0 Å². The normalized spacial score (nSPS) is 12.1. The highest BCUT2D eigenvalue weighted by atomic mass is 16.5. The standard InChI is InChI=1S/2C20H24N6O.C18H20N6O.C17H18N6O.C16H20N6O.C15H18N6O2/c1-12(2)26(4)19(27)14-8-9-15-17(11-14)24-20(21)25-18(15)23-13(3)16-7-5-6-10-22-16;1-4-26(5-2)19(27)14-9-10-15-17(12-14)24-20(21)25-18(15)23-13(3)16-8-6-7-11-22-16;1-11(14-6-4-5-9-20-14)21-16-13-8-7-12(17(25)24(2)3)10-15(13)22-18(19)23-16;1-10(13-5-3-4-8-20-13)21-15-12-7-6-11(16(24)19-2)9-14(12)22-17(18)23-15;1-4-22-9-8-18-15(22)10(2)19-14-13-11(20-16(17)21-14)6-5-7-12(13)23-3;1-4-11-19-14(23-21-11)8(2)17-13-12-9(18-15(16)20-13)6-5-7-10(12)22-3/h5-13H,1-4H3,(H3,21,23,24,25);6-13H,4-5H2,1-3H3,(H3,21,23,24,25);4-11H,1-3H3,(H3,19,21,22,23);3-10H,1-2H3,(H,19,24)(H3,18,21,22,23);5-10H,4H2,1-3H3,(H3,17,19,20,21);5-8H,4H2,1-3H3,(H3,16,17,18,20)/t;13-;;;10-;8-/m.1..01/s1. The Bertz CT molecular complexity index is 7520. The second-order valence-corrected chi connectivity index (χ2v) is 34.7. The van der Waals surface area contributed by atoms with Crippen LogP contribution in [0.5, 0.6) is 11.5 Å². The number of hydrogen-bond acceptors (Lipinski definition) is 38. The lowest BCUT2D eigenvalue weighted by molar-refractivity contribution is 0.0751. The summed E-state index contributed by atoms with van der Waals surface area (Å²) in [5.74, 6) is 7.80. The Kier molecular flexibility index (Phi) is 36.2. The maximum Gasteiger partial charge on any atom is 0.253 e. The Morgan fingerprint density at radius 2 is 0.711 bits per heavy atom. The van der Waals surface area contributed by atoms with Crippen LogP contribution in [0.1, 0.15) is 201 Å². The van der Waals surface area contributed by atoms with E-state index in [2.05, 4.69) is 144 Å². The van der Waals surface area contributed by atoms with Crippen molar-refractivity contribution in [3.63, 3.8) is 0 Å². The van der Waals surface area contributed by atoms with Crippen LogP contribution in [0, 0.1) is 0 Å². The molecule has 0 bridgehead atoms. The molecule has 18 aromatic rings. The molecule has 0 saturated carbocycles. The summed E-state index contributed by atoms with van der Waals surface area (Å²) in [5.41, 5.74) is 44.9. The molecule has 12 aromatic heterocycles. The fraction of sp³-hybridized carbons (Fsp3) is 0.274. The monoisotopic (exact) mass is 2010 g/mol. The van der Waals surface area contributed by atoms with Crippen molar-refractivity contribution in [3.8, 4) is 11.5 Å². The first-order valence-corrected chi connectivity index (χ1v) is 48.3. The van der Waals surface area contributed by atoms with Crippen LogP contribution < -0.4 is 81.1 Å². The lowest BCUT2D eigenvalue weighted by Gasteiger charge is -2.21. The van der Waals surface area contributed by atoms with Crippen molar-refractivity contribution in [2.24, 2.45) is 0 Å². The van der Waals surface area contributed by atoms with E-state index in [1.54, 1.807) is 132 Å². The summed E-state index contributed by atoms with van der Waals surface area (Å²) in [4.78, 5) is 132. The van der Waals surface area contributed by atoms with Crippen LogP contribution in [0.2, 0.25) is 0 Å². The topological polar surface area (TPSA) is 600 Å². The summed E-state index contributed by atoms with van der Waals surface area (Å²) in [7, 11) is 10.0. The first kappa shape index (κ1) is 108. The predicted octanol–water partition coefficient (Wildman–Crippen LogP) is 16.1. The van der Waals surface area contributed by atoms with Crippen LogP contribution in [-0.4, -0.2) is 199 Å². The molecule has 770 valence electrons. The Balaban J connectivity index is 0.000000149. The van der Waals surface area contributed by atoms with Crippen LogP contribution in [0.3, 0.4) is 0 Å². The number of carbonyl (C=O) groups excluding carboxylic acids is 4. The number of pyridine rings is 4. The number of imidazole rings is 1. The van der Waals surface area contributed by atoms with E-state index in [9.17, 15) is 19.2 Å². The number of rotatable bonds is 29. The number of benzene rings is 6. The van der Waals surface area contributed by atoms with Crippen LogP contribution >= 0.6 is 0 Å². The van der Waals surface area contributed by atoms with Gasteiger partial charge in [-0.3, -0.25) is 39.1 Å². The van der Waals surface area contributed by atoms with E-state index in [0.717, 1.165) is 73.0 Å². The zero-order valence-electron chi connectivity index (χ0n) is 86.3. The summed E-state index contributed by atoms with van der Waals surface area (Å²) in [6.45, 7) is 26.0. The summed E-state index contributed by atoms with van der Waals surface area (Å²) in [5, 5.41) is 31.2. The molecule has 0 radical (unpaired) electrons. The maximum absolute atomic E-state index is 12.6. The quantitative estimate of drug-likeness (QED) is 0.0207. The molecule has 43 heteroatoms. The second-order valence-electron chi connectivity index (χ2n) is 34.7. The molecule has 0 aliphatic carbocycles. The van der Waals surface area contributed by atoms with Gasteiger partial charge in [0.25, 0.3) is 23.6 Å². The van der Waals surface area contributed by atoms with Gasteiger partial charge in [-0.1, -0.05) is 48.5 Å². The number of anilines is 12. The molecular weight excluding hydrogens is 1890 g/mol. The third-order valence-corrected chi connectivity index (χ3v) is 23.8. The Hall–Kier alpha value is -18.6. The molecule has 0 fully saturated rings. The van der Waals surface area contributed by atoms with Gasteiger partial charge >= 0.3 is 0 Å². The smallest absolute Gasteiger partial charge is 0.253 e. The number of nitrogen functional groups attached to an aromatic ring is 6. The van der Waals surface area contributed by atoms with Gasteiger partial charge < -0.3 is 105 Å². The molecule has 4 amide bonds. The SMILES string of the molecule is CC(Nc1nc(N)nc2cc(C(=O)N(C)C(C)C)ccc12)c1ccccn1.CC(Nc1nc(N)nc2cc(C(=O)N(C)C)ccc12)c1ccccn1.CCN(CC)C(=O)c1ccc2c(N[C@H](C)c3ccccn3)nc(N)nc2c1.CCc1noc([C@@H](C)Nc2nc(N)nc3cccc(OC)c23)n1.CCn1ccnc1[C@H](C)Nc1nc(N)nc2cccc(OC)c12.CNC(=O)c1ccc2c(NC(C)c3ccccn3)nc(N)nc2c1. The number of methoxy groups -OCH3 is 2. The Morgan fingerprint density at radius 3 is 1.04 bits per heavy atom. The summed E-state index contributed by atoms with van der Waals surface area (Å²) < 4.78 is 18.2. The first-order chi connectivity index (χ1) is 71.7. The number of amides is 4. The van der Waals surface area contributed by atoms with Gasteiger partial charge in [-0.15, -0.1) is 0 Å². The average Bonchev–Trinajstić information content (AvgIpc) is 1.35. The van der Waals surface area contributed by atoms with Crippen molar-refractivity contribution in [1.29, 1.82) is 0 Å². The lowest BCUT2D eigenvalue weighted by atomic mass is 10.1. The number of hydrogen-bond donors (Lipinski definition) is 13. The largest absolute Gasteiger partial charge is 0.496 e. The molecule has 6 aromatic carbocycles. The minimum absolute atomic E-state index is 0.0181. The van der Waals surface area contributed by atoms with Gasteiger partial charge in [-0.05, 0) is 222 Å². The number of nitrogens with one attached hydrogen (secondary N) is 7. The zero-order valence-corrected chi connectivity index (χ0v) is 86.3. The Morgan fingerprint density at radius 1 is 0.369 bits per heavy atom. The molecule has 3 unspecified atom stereocenters. The van der Waals surface area contributed by atoms with Gasteiger partial charge in [0.15, 0.2) is 5.82 Å². The second kappa shape index (κ2) is 50.1. The van der Waals surface area contributed by atoms with Gasteiger partial charge in [-0.2, -0.15) is 34.9 Å². The number of aryl methyl sites for hydroxylation is 2. The predicted molar refractivity (Wildman–Crippen MR) is 583 cm³/mol. The lowest BCUT2D eigenvalue weighted by Crippen LogP contribution is -2.32. The van der Waals surface area contributed by atoms with Crippen LogP contribution in [0.15, 0.2) is 224 Å². The van der Waals surface area contributed by atoms with Gasteiger partial charge in [0, 0.05) is 141 Å². The molecule has 0 saturated heterocycles. The average molecular weight is 2010 g/mol. The molecule has 0 aliphatic rings.